The number of ether oxygens (including phenoxy) is 2. The van der Waals surface area contributed by atoms with Gasteiger partial charge in [0.2, 0.25) is 0 Å². The van der Waals surface area contributed by atoms with Gasteiger partial charge in [-0.05, 0) is 78.3 Å². The van der Waals surface area contributed by atoms with Gasteiger partial charge in [-0.25, -0.2) is 19.8 Å². The van der Waals surface area contributed by atoms with Gasteiger partial charge in [-0.1, -0.05) is 23.5 Å². The molecule has 0 saturated heterocycles. The van der Waals surface area contributed by atoms with E-state index < -0.39 is 12.0 Å². The van der Waals surface area contributed by atoms with Crippen LogP contribution in [0.3, 0.4) is 0 Å². The van der Waals surface area contributed by atoms with Crippen molar-refractivity contribution >= 4 is 51.1 Å². The van der Waals surface area contributed by atoms with Gasteiger partial charge in [0.15, 0.2) is 15.1 Å². The van der Waals surface area contributed by atoms with Crippen molar-refractivity contribution in [3.05, 3.63) is 95.5 Å². The van der Waals surface area contributed by atoms with Crippen LogP contribution in [0, 0.1) is 0 Å². The van der Waals surface area contributed by atoms with Crippen LogP contribution in [-0.2, 0) is 9.53 Å². The van der Waals surface area contributed by atoms with Crippen molar-refractivity contribution in [3.63, 3.8) is 0 Å². The molecule has 0 aliphatic carbocycles. The molecule has 4 aromatic rings. The Morgan fingerprint density at radius 1 is 1.23 bits per heavy atom. The third-order valence-electron chi connectivity index (χ3n) is 5.69. The highest BCUT2D eigenvalue weighted by molar-refractivity contribution is 9.10. The third kappa shape index (κ3) is 5.63. The maximum absolute atomic E-state index is 13.8. The number of rotatable bonds is 7. The molecule has 0 amide bonds. The molecule has 1 aliphatic rings. The van der Waals surface area contributed by atoms with Crippen molar-refractivity contribution in [2.75, 3.05) is 7.11 Å². The highest BCUT2D eigenvalue weighted by Gasteiger charge is 2.33. The molecule has 4 heterocycles. The van der Waals surface area contributed by atoms with Crippen molar-refractivity contribution in [1.82, 2.24) is 14.5 Å². The molecule has 0 unspecified atom stereocenters. The van der Waals surface area contributed by atoms with Crippen LogP contribution in [0.15, 0.2) is 89.0 Å². The first kappa shape index (κ1) is 27.1. The van der Waals surface area contributed by atoms with E-state index in [0.717, 1.165) is 5.56 Å². The molecule has 9 nitrogen and oxygen atoms in total. The molecule has 3 aromatic heterocycles. The summed E-state index contributed by atoms with van der Waals surface area (Å²) in [5, 5.41) is 1.10. The molecule has 39 heavy (non-hydrogen) atoms. The Bertz CT molecular complexity index is 1740. The number of nitrogens with zero attached hydrogens (tertiary/aromatic N) is 4. The van der Waals surface area contributed by atoms with Crippen molar-refractivity contribution in [2.45, 2.75) is 43.2 Å². The van der Waals surface area contributed by atoms with Gasteiger partial charge < -0.3 is 13.9 Å². The Balaban J connectivity index is 1.61. The monoisotopic (exact) mass is 626 g/mol. The summed E-state index contributed by atoms with van der Waals surface area (Å²) in [6.45, 7) is 5.32. The molecule has 0 saturated carbocycles. The van der Waals surface area contributed by atoms with Crippen LogP contribution < -0.4 is 19.6 Å². The summed E-state index contributed by atoms with van der Waals surface area (Å²) in [5.74, 6) is 0.624. The van der Waals surface area contributed by atoms with Gasteiger partial charge in [-0.2, -0.15) is 0 Å². The first-order chi connectivity index (χ1) is 18.7. The Kier molecular flexibility index (Phi) is 7.87. The van der Waals surface area contributed by atoms with E-state index in [-0.39, 0.29) is 11.7 Å². The van der Waals surface area contributed by atoms with E-state index in [0.29, 0.717) is 46.8 Å². The van der Waals surface area contributed by atoms with E-state index in [1.165, 1.54) is 27.7 Å². The summed E-state index contributed by atoms with van der Waals surface area (Å²) < 4.78 is 19.5. The van der Waals surface area contributed by atoms with Gasteiger partial charge in [-0.3, -0.25) is 9.36 Å². The first-order valence-electron chi connectivity index (χ1n) is 11.9. The van der Waals surface area contributed by atoms with Crippen LogP contribution in [0.2, 0.25) is 0 Å². The SMILES string of the molecule is COc1ccc([C@H]2C(C(=O)OC(C)C)=C(C)N=c3s/c(=C/c4cc(Br)c(Sc5ncccn5)o4)c(=O)n32)cc1. The van der Waals surface area contributed by atoms with Gasteiger partial charge in [0.05, 0.1) is 39.5 Å². The molecule has 0 spiro atoms. The molecule has 0 bridgehead atoms. The number of furan rings is 1. The van der Waals surface area contributed by atoms with Crippen LogP contribution in [0.4, 0.5) is 0 Å². The summed E-state index contributed by atoms with van der Waals surface area (Å²) >= 11 is 6.00. The lowest BCUT2D eigenvalue weighted by atomic mass is 9.96. The number of benzene rings is 1. The number of hydrogen-bond acceptors (Lipinski definition) is 10. The number of carbonyl (C=O) groups is 1. The van der Waals surface area contributed by atoms with E-state index in [2.05, 4.69) is 30.9 Å². The number of fused-ring (bicyclic) bond motifs is 1. The fourth-order valence-electron chi connectivity index (χ4n) is 4.02. The van der Waals surface area contributed by atoms with E-state index in [1.54, 1.807) is 70.6 Å². The topological polar surface area (TPSA) is 109 Å². The molecule has 12 heteroatoms. The average molecular weight is 628 g/mol. The third-order valence-corrected chi connectivity index (χ3v) is 8.41. The minimum Gasteiger partial charge on any atom is -0.497 e. The predicted molar refractivity (Wildman–Crippen MR) is 151 cm³/mol. The average Bonchev–Trinajstić information content (AvgIpc) is 3.41. The molecular formula is C27H23BrN4O5S2. The molecule has 0 N–H and O–H groups in total. The van der Waals surface area contributed by atoms with Gasteiger partial charge in [-0.15, -0.1) is 0 Å². The van der Waals surface area contributed by atoms with Gasteiger partial charge >= 0.3 is 5.97 Å². The molecule has 200 valence electrons. The van der Waals surface area contributed by atoms with Gasteiger partial charge in [0.1, 0.15) is 11.5 Å². The quantitative estimate of drug-likeness (QED) is 0.218. The highest BCUT2D eigenvalue weighted by Crippen LogP contribution is 2.35. The Morgan fingerprint density at radius 3 is 2.62 bits per heavy atom. The number of esters is 1. The fourth-order valence-corrected chi connectivity index (χ4v) is 6.29. The number of hydrogen-bond donors (Lipinski definition) is 0. The zero-order valence-corrected chi connectivity index (χ0v) is 24.6. The second kappa shape index (κ2) is 11.3. The lowest BCUT2D eigenvalue weighted by molar-refractivity contribution is -0.143. The molecule has 1 aliphatic heterocycles. The van der Waals surface area contributed by atoms with Gasteiger partial charge in [0, 0.05) is 18.5 Å². The molecule has 1 aromatic carbocycles. The van der Waals surface area contributed by atoms with E-state index >= 15 is 0 Å². The maximum atomic E-state index is 13.8. The number of allylic oxidation sites excluding steroid dienone is 1. The summed E-state index contributed by atoms with van der Waals surface area (Å²) in [7, 11) is 1.58. The molecule has 1 atom stereocenters. The van der Waals surface area contributed by atoms with Crippen molar-refractivity contribution in [3.8, 4) is 5.75 Å². The Hall–Kier alpha value is -3.48. The fraction of sp³-hybridized carbons (Fsp3) is 0.222. The van der Waals surface area contributed by atoms with E-state index in [4.69, 9.17) is 13.9 Å². The smallest absolute Gasteiger partial charge is 0.338 e. The molecule has 0 fully saturated rings. The maximum Gasteiger partial charge on any atom is 0.338 e. The van der Waals surface area contributed by atoms with Crippen molar-refractivity contribution in [1.29, 1.82) is 0 Å². The molecule has 5 rings (SSSR count). The number of aromatic nitrogens is 3. The molecule has 0 radical (unpaired) electrons. The summed E-state index contributed by atoms with van der Waals surface area (Å²) in [6.07, 6.45) is 4.64. The standard InChI is InChI=1S/C27H23BrN4O5S2/c1-14(2)36-24(34)21-15(3)31-27-32(22(21)16-6-8-17(35-4)9-7-16)23(33)20(38-27)13-18-12-19(28)25(37-18)39-26-29-10-5-11-30-26/h5-14,22H,1-4H3/b20-13+/t22-/m0/s1. The number of methoxy groups -OCH3 is 1. The van der Waals surface area contributed by atoms with Crippen LogP contribution >= 0.6 is 39.0 Å². The minimum absolute atomic E-state index is 0.296. The van der Waals surface area contributed by atoms with E-state index in [9.17, 15) is 9.59 Å². The minimum atomic E-state index is -0.717. The number of carbonyl (C=O) groups excluding carboxylic acids is 1. The van der Waals surface area contributed by atoms with Crippen LogP contribution in [0.1, 0.15) is 38.1 Å². The van der Waals surface area contributed by atoms with Crippen LogP contribution in [0.5, 0.6) is 5.75 Å². The van der Waals surface area contributed by atoms with Crippen molar-refractivity contribution < 1.29 is 18.7 Å². The Morgan fingerprint density at radius 2 is 1.95 bits per heavy atom. The Labute approximate surface area is 240 Å². The zero-order chi connectivity index (χ0) is 27.7. The number of thiazole rings is 1. The zero-order valence-electron chi connectivity index (χ0n) is 21.4. The summed E-state index contributed by atoms with van der Waals surface area (Å²) in [6, 6.07) is 10.1. The lowest BCUT2D eigenvalue weighted by Gasteiger charge is -2.25. The van der Waals surface area contributed by atoms with Crippen LogP contribution in [-0.4, -0.2) is 33.7 Å². The normalized spacial score (nSPS) is 15.3. The summed E-state index contributed by atoms with van der Waals surface area (Å²) in [4.78, 5) is 40.5. The lowest BCUT2D eigenvalue weighted by Crippen LogP contribution is -2.40. The highest BCUT2D eigenvalue weighted by atomic mass is 79.9. The predicted octanol–water partition coefficient (Wildman–Crippen LogP) is 4.49. The van der Waals surface area contributed by atoms with Crippen LogP contribution in [0.25, 0.3) is 6.08 Å². The van der Waals surface area contributed by atoms with Crippen molar-refractivity contribution in [2.24, 2.45) is 4.99 Å². The van der Waals surface area contributed by atoms with Gasteiger partial charge in [0.25, 0.3) is 5.56 Å². The molecular weight excluding hydrogens is 604 g/mol. The summed E-state index contributed by atoms with van der Waals surface area (Å²) in [5.41, 5.74) is 1.25. The van der Waals surface area contributed by atoms with E-state index in [1.807, 2.05) is 12.1 Å². The second-order valence-corrected chi connectivity index (χ2v) is 11.5. The largest absolute Gasteiger partial charge is 0.497 e. The first-order valence-corrected chi connectivity index (χ1v) is 14.3. The number of halogens is 1. The second-order valence-electron chi connectivity index (χ2n) is 8.73.